The molecule has 0 amide bonds. The fourth-order valence-electron chi connectivity index (χ4n) is 2.51. The molecular weight excluding hydrogens is 325 g/mol. The Hall–Kier alpha value is -2.83. The van der Waals surface area contributed by atoms with Gasteiger partial charge in [0.15, 0.2) is 5.92 Å². The molecule has 0 aliphatic heterocycles. The van der Waals surface area contributed by atoms with E-state index in [2.05, 4.69) is 0 Å². The summed E-state index contributed by atoms with van der Waals surface area (Å²) in [5.74, 6) is -6.04. The molecule has 24 heavy (non-hydrogen) atoms. The van der Waals surface area contributed by atoms with Crippen LogP contribution in [0.2, 0.25) is 0 Å². The lowest BCUT2D eigenvalue weighted by Gasteiger charge is -2.22. The van der Waals surface area contributed by atoms with Crippen molar-refractivity contribution in [2.24, 2.45) is 5.92 Å². The zero-order chi connectivity index (χ0) is 17.9. The Bertz CT molecular complexity index is 710. The minimum Gasteiger partial charge on any atom is -0.481 e. The summed E-state index contributed by atoms with van der Waals surface area (Å²) in [6, 6.07) is 11.8. The number of benzene rings is 2. The van der Waals surface area contributed by atoms with Gasteiger partial charge in [0.1, 0.15) is 0 Å². The lowest BCUT2D eigenvalue weighted by atomic mass is 9.80. The molecule has 4 nitrogen and oxygen atoms in total. The summed E-state index contributed by atoms with van der Waals surface area (Å²) >= 11 is 0. The Kier molecular flexibility index (Phi) is 4.92. The molecule has 0 spiro atoms. The van der Waals surface area contributed by atoms with Crippen molar-refractivity contribution in [2.75, 3.05) is 0 Å². The van der Waals surface area contributed by atoms with E-state index in [0.717, 1.165) is 24.3 Å². The third-order valence-corrected chi connectivity index (χ3v) is 3.62. The van der Waals surface area contributed by atoms with Gasteiger partial charge in [0.05, 0.1) is 5.56 Å². The standard InChI is InChI=1S/C17H13F3O4/c18-17(19,20)12-8-6-11(7-9-12)13(10-4-2-1-3-5-10)14(15(21)22)16(23)24/h1-9,13-14H,(H,21,22)(H,23,24)/t13-/m0/s1. The summed E-state index contributed by atoms with van der Waals surface area (Å²) in [4.78, 5) is 22.8. The third kappa shape index (κ3) is 3.73. The molecule has 0 fully saturated rings. The molecule has 2 rings (SSSR count). The summed E-state index contributed by atoms with van der Waals surface area (Å²) in [5, 5.41) is 18.5. The zero-order valence-electron chi connectivity index (χ0n) is 12.2. The van der Waals surface area contributed by atoms with Gasteiger partial charge in [-0.3, -0.25) is 9.59 Å². The van der Waals surface area contributed by atoms with E-state index in [0.29, 0.717) is 5.56 Å². The van der Waals surface area contributed by atoms with E-state index in [1.165, 1.54) is 0 Å². The first kappa shape index (κ1) is 17.5. The second kappa shape index (κ2) is 6.74. The molecule has 0 unspecified atom stereocenters. The maximum atomic E-state index is 12.7. The first-order valence-corrected chi connectivity index (χ1v) is 6.89. The van der Waals surface area contributed by atoms with Gasteiger partial charge in [0.2, 0.25) is 0 Å². The Balaban J connectivity index is 2.54. The number of halogens is 3. The van der Waals surface area contributed by atoms with Gasteiger partial charge >= 0.3 is 18.1 Å². The SMILES string of the molecule is O=C(O)C(C(=O)O)[C@@H](c1ccccc1)c1ccc(C(F)(F)F)cc1. The molecule has 0 bridgehead atoms. The lowest BCUT2D eigenvalue weighted by Crippen LogP contribution is -2.30. The first-order valence-electron chi connectivity index (χ1n) is 6.89. The van der Waals surface area contributed by atoms with Crippen LogP contribution in [0.1, 0.15) is 22.6 Å². The number of carbonyl (C=O) groups is 2. The van der Waals surface area contributed by atoms with Crippen LogP contribution in [0.25, 0.3) is 0 Å². The Morgan fingerprint density at radius 3 is 1.67 bits per heavy atom. The zero-order valence-corrected chi connectivity index (χ0v) is 12.2. The first-order chi connectivity index (χ1) is 11.2. The van der Waals surface area contributed by atoms with Crippen molar-refractivity contribution in [1.29, 1.82) is 0 Å². The Labute approximate surface area is 135 Å². The van der Waals surface area contributed by atoms with Gasteiger partial charge < -0.3 is 10.2 Å². The summed E-state index contributed by atoms with van der Waals surface area (Å²) in [6.07, 6.45) is -4.53. The number of alkyl halides is 3. The second-order valence-electron chi connectivity index (χ2n) is 5.16. The van der Waals surface area contributed by atoms with Crippen molar-refractivity contribution in [3.8, 4) is 0 Å². The molecular formula is C17H13F3O4. The molecule has 0 aliphatic rings. The Morgan fingerprint density at radius 2 is 1.25 bits per heavy atom. The fraction of sp³-hybridized carbons (Fsp3) is 0.176. The maximum absolute atomic E-state index is 12.7. The summed E-state index contributed by atoms with van der Waals surface area (Å²) in [6.45, 7) is 0. The molecule has 0 aliphatic carbocycles. The van der Waals surface area contributed by atoms with Crippen molar-refractivity contribution in [3.05, 3.63) is 71.3 Å². The molecule has 2 aromatic carbocycles. The van der Waals surface area contributed by atoms with Crippen molar-refractivity contribution in [3.63, 3.8) is 0 Å². The van der Waals surface area contributed by atoms with Gasteiger partial charge in [0.25, 0.3) is 0 Å². The third-order valence-electron chi connectivity index (χ3n) is 3.62. The van der Waals surface area contributed by atoms with Crippen molar-refractivity contribution >= 4 is 11.9 Å². The molecule has 1 atom stereocenters. The highest BCUT2D eigenvalue weighted by molar-refractivity contribution is 5.94. The number of hydrogen-bond donors (Lipinski definition) is 2. The second-order valence-corrected chi connectivity index (χ2v) is 5.16. The van der Waals surface area contributed by atoms with Gasteiger partial charge in [-0.2, -0.15) is 13.2 Å². The van der Waals surface area contributed by atoms with Gasteiger partial charge in [-0.1, -0.05) is 42.5 Å². The van der Waals surface area contributed by atoms with E-state index >= 15 is 0 Å². The van der Waals surface area contributed by atoms with Gasteiger partial charge in [0, 0.05) is 5.92 Å². The van der Waals surface area contributed by atoms with Gasteiger partial charge in [-0.25, -0.2) is 0 Å². The van der Waals surface area contributed by atoms with E-state index in [-0.39, 0.29) is 5.56 Å². The molecule has 0 saturated heterocycles. The molecule has 2 aromatic rings. The minimum absolute atomic E-state index is 0.184. The van der Waals surface area contributed by atoms with E-state index in [4.69, 9.17) is 0 Å². The summed E-state index contributed by atoms with van der Waals surface area (Å²) < 4.78 is 38.0. The fourth-order valence-corrected chi connectivity index (χ4v) is 2.51. The molecule has 0 radical (unpaired) electrons. The van der Waals surface area contributed by atoms with E-state index < -0.39 is 35.5 Å². The molecule has 7 heteroatoms. The van der Waals surface area contributed by atoms with Crippen LogP contribution in [-0.4, -0.2) is 22.2 Å². The Morgan fingerprint density at radius 1 is 0.792 bits per heavy atom. The molecule has 0 aromatic heterocycles. The maximum Gasteiger partial charge on any atom is 0.416 e. The van der Waals surface area contributed by atoms with E-state index in [9.17, 15) is 33.0 Å². The molecule has 126 valence electrons. The van der Waals surface area contributed by atoms with E-state index in [1.54, 1.807) is 30.3 Å². The van der Waals surface area contributed by atoms with Crippen LogP contribution >= 0.6 is 0 Å². The largest absolute Gasteiger partial charge is 0.481 e. The van der Waals surface area contributed by atoms with Crippen LogP contribution in [0.15, 0.2) is 54.6 Å². The average Bonchev–Trinajstić information content (AvgIpc) is 2.52. The van der Waals surface area contributed by atoms with Crippen molar-refractivity contribution in [2.45, 2.75) is 12.1 Å². The monoisotopic (exact) mass is 338 g/mol. The summed E-state index contributed by atoms with van der Waals surface area (Å²) in [7, 11) is 0. The van der Waals surface area contributed by atoms with Crippen molar-refractivity contribution in [1.82, 2.24) is 0 Å². The number of rotatable bonds is 5. The van der Waals surface area contributed by atoms with Crippen LogP contribution < -0.4 is 0 Å². The highest BCUT2D eigenvalue weighted by Gasteiger charge is 2.37. The topological polar surface area (TPSA) is 74.6 Å². The number of hydrogen-bond acceptors (Lipinski definition) is 2. The van der Waals surface area contributed by atoms with Crippen LogP contribution in [0.3, 0.4) is 0 Å². The predicted octanol–water partition coefficient (Wildman–Crippen LogP) is 3.62. The van der Waals surface area contributed by atoms with Crippen LogP contribution in [0, 0.1) is 5.92 Å². The molecule has 0 saturated carbocycles. The number of aliphatic carboxylic acids is 2. The van der Waals surface area contributed by atoms with E-state index in [1.807, 2.05) is 0 Å². The number of carboxylic acids is 2. The van der Waals surface area contributed by atoms with Gasteiger partial charge in [-0.05, 0) is 23.3 Å². The number of carboxylic acid groups (broad SMARTS) is 2. The predicted molar refractivity (Wildman–Crippen MR) is 78.5 cm³/mol. The van der Waals surface area contributed by atoms with Crippen LogP contribution in [0.5, 0.6) is 0 Å². The average molecular weight is 338 g/mol. The van der Waals surface area contributed by atoms with Crippen LogP contribution in [0.4, 0.5) is 13.2 Å². The highest BCUT2D eigenvalue weighted by atomic mass is 19.4. The normalized spacial score (nSPS) is 12.8. The van der Waals surface area contributed by atoms with Gasteiger partial charge in [-0.15, -0.1) is 0 Å². The quantitative estimate of drug-likeness (QED) is 0.817. The lowest BCUT2D eigenvalue weighted by molar-refractivity contribution is -0.155. The molecule has 2 N–H and O–H groups in total. The summed E-state index contributed by atoms with van der Waals surface area (Å²) in [5.41, 5.74) is -0.309. The van der Waals surface area contributed by atoms with Crippen molar-refractivity contribution < 1.29 is 33.0 Å². The molecule has 0 heterocycles. The minimum atomic E-state index is -4.53. The highest BCUT2D eigenvalue weighted by Crippen LogP contribution is 2.35. The smallest absolute Gasteiger partial charge is 0.416 e. The van der Waals surface area contributed by atoms with Crippen LogP contribution in [-0.2, 0) is 15.8 Å².